The maximum absolute atomic E-state index is 13.0. The number of para-hydroxylation sites is 1. The van der Waals surface area contributed by atoms with E-state index in [0.717, 1.165) is 5.39 Å². The molecule has 0 fully saturated rings. The van der Waals surface area contributed by atoms with E-state index >= 15 is 0 Å². The molecule has 3 rings (SSSR count). The molecule has 1 heterocycles. The van der Waals surface area contributed by atoms with Crippen molar-refractivity contribution in [3.05, 3.63) is 66.4 Å². The summed E-state index contributed by atoms with van der Waals surface area (Å²) in [7, 11) is -3.71. The first-order valence-corrected chi connectivity index (χ1v) is 8.95. The fraction of sp³-hybridized carbons (Fsp3) is 0.222. The summed E-state index contributed by atoms with van der Waals surface area (Å²) in [4.78, 5) is 0.225. The van der Waals surface area contributed by atoms with Gasteiger partial charge in [0.2, 0.25) is 0 Å². The monoisotopic (exact) mass is 329 g/mol. The Morgan fingerprint density at radius 1 is 1.04 bits per heavy atom. The summed E-state index contributed by atoms with van der Waals surface area (Å²) in [6.07, 6.45) is 2.03. The molecule has 4 nitrogen and oxygen atoms in total. The molecule has 0 aliphatic heterocycles. The number of benzene rings is 2. The average molecular weight is 329 g/mol. The standard InChI is InChI=1S/C18H19NO3S/c1-3-18(2,20)16-13-19(17-12-8-7-11-15(16)17)23(21,22)14-9-5-4-6-10-14/h4-13,20H,3H2,1-2H3/t18-/m0/s1. The van der Waals surface area contributed by atoms with Crippen LogP contribution in [0.5, 0.6) is 0 Å². The minimum atomic E-state index is -3.71. The summed E-state index contributed by atoms with van der Waals surface area (Å²) in [6.45, 7) is 3.58. The van der Waals surface area contributed by atoms with Crippen LogP contribution in [0, 0.1) is 0 Å². The molecule has 0 amide bonds. The Morgan fingerprint density at radius 2 is 1.65 bits per heavy atom. The molecular weight excluding hydrogens is 310 g/mol. The Kier molecular flexibility index (Phi) is 3.78. The second-order valence-electron chi connectivity index (χ2n) is 5.80. The number of fused-ring (bicyclic) bond motifs is 1. The largest absolute Gasteiger partial charge is 0.385 e. The molecule has 0 bridgehead atoms. The minimum absolute atomic E-state index is 0.225. The van der Waals surface area contributed by atoms with Crippen LogP contribution >= 0.6 is 0 Å². The molecule has 2 aromatic carbocycles. The Bertz CT molecular complexity index is 941. The van der Waals surface area contributed by atoms with Crippen molar-refractivity contribution in [3.63, 3.8) is 0 Å². The molecule has 0 aliphatic rings. The van der Waals surface area contributed by atoms with Crippen LogP contribution in [0.15, 0.2) is 65.7 Å². The molecule has 120 valence electrons. The summed E-state index contributed by atoms with van der Waals surface area (Å²) in [5.74, 6) is 0. The van der Waals surface area contributed by atoms with E-state index in [1.54, 1.807) is 49.4 Å². The maximum atomic E-state index is 13.0. The number of nitrogens with zero attached hydrogens (tertiary/aromatic N) is 1. The van der Waals surface area contributed by atoms with Gasteiger partial charge in [0, 0.05) is 17.1 Å². The summed E-state index contributed by atoms with van der Waals surface area (Å²) in [5, 5.41) is 11.4. The van der Waals surface area contributed by atoms with Crippen LogP contribution < -0.4 is 0 Å². The van der Waals surface area contributed by atoms with Gasteiger partial charge in [-0.05, 0) is 31.5 Å². The normalized spacial score (nSPS) is 14.7. The van der Waals surface area contributed by atoms with Crippen molar-refractivity contribution in [2.75, 3.05) is 0 Å². The average Bonchev–Trinajstić information content (AvgIpc) is 2.97. The van der Waals surface area contributed by atoms with Crippen LogP contribution in [0.1, 0.15) is 25.8 Å². The second-order valence-corrected chi connectivity index (χ2v) is 7.62. The third-order valence-corrected chi connectivity index (χ3v) is 5.93. The highest BCUT2D eigenvalue weighted by molar-refractivity contribution is 7.90. The van der Waals surface area contributed by atoms with Gasteiger partial charge in [-0.3, -0.25) is 0 Å². The van der Waals surface area contributed by atoms with E-state index in [1.165, 1.54) is 10.2 Å². The molecule has 0 saturated heterocycles. The van der Waals surface area contributed by atoms with Gasteiger partial charge in [0.05, 0.1) is 16.0 Å². The molecule has 1 N–H and O–H groups in total. The van der Waals surface area contributed by atoms with Gasteiger partial charge in [-0.2, -0.15) is 0 Å². The van der Waals surface area contributed by atoms with E-state index in [1.807, 2.05) is 19.1 Å². The second kappa shape index (κ2) is 5.51. The van der Waals surface area contributed by atoms with E-state index in [4.69, 9.17) is 0 Å². The third-order valence-electron chi connectivity index (χ3n) is 4.25. The van der Waals surface area contributed by atoms with Gasteiger partial charge in [-0.15, -0.1) is 0 Å². The minimum Gasteiger partial charge on any atom is -0.385 e. The number of hydrogen-bond acceptors (Lipinski definition) is 3. The lowest BCUT2D eigenvalue weighted by Crippen LogP contribution is -2.19. The van der Waals surface area contributed by atoms with Gasteiger partial charge in [-0.25, -0.2) is 12.4 Å². The highest BCUT2D eigenvalue weighted by atomic mass is 32.2. The topological polar surface area (TPSA) is 59.3 Å². The molecule has 5 heteroatoms. The Balaban J connectivity index is 2.32. The van der Waals surface area contributed by atoms with Crippen LogP contribution in [-0.2, 0) is 15.6 Å². The lowest BCUT2D eigenvalue weighted by molar-refractivity contribution is 0.0546. The molecule has 0 unspecified atom stereocenters. The Morgan fingerprint density at radius 3 is 2.30 bits per heavy atom. The van der Waals surface area contributed by atoms with Crippen molar-refractivity contribution in [2.45, 2.75) is 30.8 Å². The van der Waals surface area contributed by atoms with Crippen molar-refractivity contribution in [2.24, 2.45) is 0 Å². The van der Waals surface area contributed by atoms with Gasteiger partial charge < -0.3 is 5.11 Å². The first-order chi connectivity index (χ1) is 10.9. The fourth-order valence-corrected chi connectivity index (χ4v) is 4.06. The van der Waals surface area contributed by atoms with Crippen LogP contribution in [0.3, 0.4) is 0 Å². The summed E-state index contributed by atoms with van der Waals surface area (Å²) in [6, 6.07) is 15.5. The van der Waals surface area contributed by atoms with Gasteiger partial charge in [0.15, 0.2) is 0 Å². The predicted molar refractivity (Wildman–Crippen MR) is 90.8 cm³/mol. The molecule has 0 saturated carbocycles. The lowest BCUT2D eigenvalue weighted by atomic mass is 9.93. The number of hydrogen-bond donors (Lipinski definition) is 1. The lowest BCUT2D eigenvalue weighted by Gasteiger charge is -2.20. The van der Waals surface area contributed by atoms with Crippen molar-refractivity contribution in [1.82, 2.24) is 3.97 Å². The van der Waals surface area contributed by atoms with E-state index in [2.05, 4.69) is 0 Å². The highest BCUT2D eigenvalue weighted by Crippen LogP contribution is 2.34. The molecule has 1 atom stereocenters. The predicted octanol–water partition coefficient (Wildman–Crippen LogP) is 3.50. The molecule has 1 aromatic heterocycles. The van der Waals surface area contributed by atoms with Crippen molar-refractivity contribution < 1.29 is 13.5 Å². The van der Waals surface area contributed by atoms with Crippen LogP contribution in [0.25, 0.3) is 10.9 Å². The molecule has 0 radical (unpaired) electrons. The molecule has 0 spiro atoms. The van der Waals surface area contributed by atoms with Crippen LogP contribution in [0.4, 0.5) is 0 Å². The van der Waals surface area contributed by atoms with Crippen LogP contribution in [-0.4, -0.2) is 17.5 Å². The zero-order valence-corrected chi connectivity index (χ0v) is 13.9. The maximum Gasteiger partial charge on any atom is 0.268 e. The van der Waals surface area contributed by atoms with E-state index in [9.17, 15) is 13.5 Å². The Labute approximate surface area is 136 Å². The van der Waals surface area contributed by atoms with Crippen molar-refractivity contribution in [1.29, 1.82) is 0 Å². The Hall–Kier alpha value is -2.11. The van der Waals surface area contributed by atoms with Gasteiger partial charge >= 0.3 is 0 Å². The van der Waals surface area contributed by atoms with E-state index < -0.39 is 15.6 Å². The van der Waals surface area contributed by atoms with Gasteiger partial charge in [0.25, 0.3) is 10.0 Å². The number of rotatable bonds is 4. The number of aromatic nitrogens is 1. The zero-order chi connectivity index (χ0) is 16.7. The smallest absolute Gasteiger partial charge is 0.268 e. The van der Waals surface area contributed by atoms with E-state index in [0.29, 0.717) is 17.5 Å². The molecule has 3 aromatic rings. The molecular formula is C18H19NO3S. The molecule has 0 aliphatic carbocycles. The summed E-state index contributed by atoms with van der Waals surface area (Å²) in [5.41, 5.74) is 0.104. The van der Waals surface area contributed by atoms with Crippen LogP contribution in [0.2, 0.25) is 0 Å². The first kappa shape index (κ1) is 15.8. The number of aliphatic hydroxyl groups is 1. The van der Waals surface area contributed by atoms with Crippen molar-refractivity contribution >= 4 is 20.9 Å². The summed E-state index contributed by atoms with van der Waals surface area (Å²) < 4.78 is 27.2. The SMILES string of the molecule is CC[C@](C)(O)c1cn(S(=O)(=O)c2ccccc2)c2ccccc12. The summed E-state index contributed by atoms with van der Waals surface area (Å²) >= 11 is 0. The fourth-order valence-electron chi connectivity index (χ4n) is 2.67. The van der Waals surface area contributed by atoms with E-state index in [-0.39, 0.29) is 4.90 Å². The quantitative estimate of drug-likeness (QED) is 0.797. The highest BCUT2D eigenvalue weighted by Gasteiger charge is 2.28. The van der Waals surface area contributed by atoms with Gasteiger partial charge in [-0.1, -0.05) is 43.3 Å². The third kappa shape index (κ3) is 2.56. The zero-order valence-electron chi connectivity index (χ0n) is 13.1. The molecule has 23 heavy (non-hydrogen) atoms. The first-order valence-electron chi connectivity index (χ1n) is 7.51. The van der Waals surface area contributed by atoms with Crippen molar-refractivity contribution in [3.8, 4) is 0 Å². The van der Waals surface area contributed by atoms with Gasteiger partial charge in [0.1, 0.15) is 0 Å².